The first kappa shape index (κ1) is 14.1. The van der Waals surface area contributed by atoms with Gasteiger partial charge < -0.3 is 15.4 Å². The number of aromatic nitrogens is 2. The van der Waals surface area contributed by atoms with E-state index in [4.69, 9.17) is 0 Å². The molecule has 1 atom stereocenters. The van der Waals surface area contributed by atoms with Gasteiger partial charge in [-0.25, -0.2) is 4.98 Å². The molecule has 0 amide bonds. The van der Waals surface area contributed by atoms with E-state index in [2.05, 4.69) is 15.3 Å². The predicted molar refractivity (Wildman–Crippen MR) is 79.3 cm³/mol. The van der Waals surface area contributed by atoms with Crippen LogP contribution in [0.2, 0.25) is 0 Å². The standard InChI is InChI=1S/C16H27N3O/c20-14-8-6-13(7-9-14)19-15(16-17-10-11-18-16)12-4-2-1-3-5-12/h10-15,19-20H,1-9H2,(H,17,18). The predicted octanol–water partition coefficient (Wildman–Crippen LogP) is 2.92. The van der Waals surface area contributed by atoms with Gasteiger partial charge >= 0.3 is 0 Å². The van der Waals surface area contributed by atoms with Crippen molar-refractivity contribution in [1.82, 2.24) is 15.3 Å². The van der Waals surface area contributed by atoms with Gasteiger partial charge in [0.25, 0.3) is 0 Å². The Morgan fingerprint density at radius 2 is 1.85 bits per heavy atom. The minimum absolute atomic E-state index is 0.0789. The van der Waals surface area contributed by atoms with Crippen LogP contribution in [0.1, 0.15) is 69.7 Å². The molecule has 20 heavy (non-hydrogen) atoms. The van der Waals surface area contributed by atoms with E-state index in [0.717, 1.165) is 31.5 Å². The molecule has 2 saturated carbocycles. The average molecular weight is 277 g/mol. The van der Waals surface area contributed by atoms with Gasteiger partial charge in [-0.15, -0.1) is 0 Å². The molecule has 2 aliphatic rings. The van der Waals surface area contributed by atoms with Crippen molar-refractivity contribution in [3.05, 3.63) is 18.2 Å². The molecule has 0 spiro atoms. The first-order chi connectivity index (χ1) is 9.83. The second-order valence-corrected chi connectivity index (χ2v) is 6.52. The molecule has 0 aromatic carbocycles. The number of nitrogens with zero attached hydrogens (tertiary/aromatic N) is 1. The molecular weight excluding hydrogens is 250 g/mol. The number of H-pyrrole nitrogens is 1. The number of hydrogen-bond acceptors (Lipinski definition) is 3. The number of aromatic amines is 1. The molecule has 1 heterocycles. The fraction of sp³-hybridized carbons (Fsp3) is 0.812. The Morgan fingerprint density at radius 3 is 2.50 bits per heavy atom. The highest BCUT2D eigenvalue weighted by Crippen LogP contribution is 2.34. The number of imidazole rings is 1. The molecule has 1 aromatic rings. The average Bonchev–Trinajstić information content (AvgIpc) is 3.01. The highest BCUT2D eigenvalue weighted by atomic mass is 16.3. The minimum atomic E-state index is -0.0789. The van der Waals surface area contributed by atoms with Gasteiger partial charge in [0.15, 0.2) is 0 Å². The molecule has 3 rings (SSSR count). The van der Waals surface area contributed by atoms with Crippen molar-refractivity contribution < 1.29 is 5.11 Å². The number of rotatable bonds is 4. The third-order valence-electron chi connectivity index (χ3n) is 5.05. The van der Waals surface area contributed by atoms with Crippen molar-refractivity contribution in [2.75, 3.05) is 0 Å². The van der Waals surface area contributed by atoms with Crippen LogP contribution in [0.5, 0.6) is 0 Å². The highest BCUT2D eigenvalue weighted by molar-refractivity contribution is 5.00. The summed E-state index contributed by atoms with van der Waals surface area (Å²) in [6, 6.07) is 0.904. The first-order valence-corrected chi connectivity index (χ1v) is 8.26. The Balaban J connectivity index is 1.65. The number of nitrogens with one attached hydrogen (secondary N) is 2. The van der Waals surface area contributed by atoms with Gasteiger partial charge in [-0.2, -0.15) is 0 Å². The molecule has 0 aliphatic heterocycles. The van der Waals surface area contributed by atoms with E-state index in [1.54, 1.807) is 0 Å². The van der Waals surface area contributed by atoms with Gasteiger partial charge in [0.2, 0.25) is 0 Å². The lowest BCUT2D eigenvalue weighted by atomic mass is 9.82. The van der Waals surface area contributed by atoms with Crippen LogP contribution >= 0.6 is 0 Å². The first-order valence-electron chi connectivity index (χ1n) is 8.26. The van der Waals surface area contributed by atoms with Crippen LogP contribution in [0.3, 0.4) is 0 Å². The smallest absolute Gasteiger partial charge is 0.123 e. The maximum atomic E-state index is 9.65. The Kier molecular flexibility index (Phi) is 4.73. The van der Waals surface area contributed by atoms with Crippen molar-refractivity contribution in [2.24, 2.45) is 5.92 Å². The summed E-state index contributed by atoms with van der Waals surface area (Å²) in [5.74, 6) is 1.81. The summed E-state index contributed by atoms with van der Waals surface area (Å²) in [5.41, 5.74) is 0. The lowest BCUT2D eigenvalue weighted by Crippen LogP contribution is -2.40. The lowest BCUT2D eigenvalue weighted by Gasteiger charge is -2.35. The third kappa shape index (κ3) is 3.41. The molecule has 4 heteroatoms. The SMILES string of the molecule is OC1CCC(NC(c2ncc[nH]2)C2CCCCC2)CC1. The number of aliphatic hydroxyl groups is 1. The molecule has 1 aromatic heterocycles. The van der Waals surface area contributed by atoms with Crippen molar-refractivity contribution in [2.45, 2.75) is 76.0 Å². The van der Waals surface area contributed by atoms with Crippen LogP contribution < -0.4 is 5.32 Å². The molecular formula is C16H27N3O. The zero-order chi connectivity index (χ0) is 13.8. The van der Waals surface area contributed by atoms with E-state index >= 15 is 0 Å². The van der Waals surface area contributed by atoms with E-state index in [9.17, 15) is 5.11 Å². The fourth-order valence-corrected chi connectivity index (χ4v) is 3.85. The zero-order valence-electron chi connectivity index (χ0n) is 12.2. The van der Waals surface area contributed by atoms with Crippen molar-refractivity contribution in [1.29, 1.82) is 0 Å². The molecule has 0 radical (unpaired) electrons. The third-order valence-corrected chi connectivity index (χ3v) is 5.05. The number of aliphatic hydroxyl groups excluding tert-OH is 1. The normalized spacial score (nSPS) is 30.2. The van der Waals surface area contributed by atoms with E-state index < -0.39 is 0 Å². The Hall–Kier alpha value is -0.870. The quantitative estimate of drug-likeness (QED) is 0.793. The monoisotopic (exact) mass is 277 g/mol. The molecule has 0 saturated heterocycles. The largest absolute Gasteiger partial charge is 0.393 e. The Bertz CT molecular complexity index is 378. The van der Waals surface area contributed by atoms with E-state index in [1.165, 1.54) is 32.1 Å². The highest BCUT2D eigenvalue weighted by Gasteiger charge is 2.30. The van der Waals surface area contributed by atoms with Gasteiger partial charge in [-0.05, 0) is 44.4 Å². The van der Waals surface area contributed by atoms with Crippen molar-refractivity contribution in [3.63, 3.8) is 0 Å². The van der Waals surface area contributed by atoms with Crippen LogP contribution in [0.4, 0.5) is 0 Å². The van der Waals surface area contributed by atoms with Crippen LogP contribution in [0.25, 0.3) is 0 Å². The minimum Gasteiger partial charge on any atom is -0.393 e. The van der Waals surface area contributed by atoms with Gasteiger partial charge in [-0.3, -0.25) is 0 Å². The van der Waals surface area contributed by atoms with Crippen molar-refractivity contribution in [3.8, 4) is 0 Å². The maximum Gasteiger partial charge on any atom is 0.123 e. The van der Waals surface area contributed by atoms with Crippen LogP contribution in [-0.2, 0) is 0 Å². The summed E-state index contributed by atoms with van der Waals surface area (Å²) < 4.78 is 0. The Morgan fingerprint density at radius 1 is 1.10 bits per heavy atom. The number of hydrogen-bond donors (Lipinski definition) is 3. The fourth-order valence-electron chi connectivity index (χ4n) is 3.85. The summed E-state index contributed by atoms with van der Waals surface area (Å²) in [6.07, 6.45) is 14.5. The summed E-state index contributed by atoms with van der Waals surface area (Å²) in [5, 5.41) is 13.5. The molecule has 2 fully saturated rings. The molecule has 3 N–H and O–H groups in total. The Labute approximate surface area is 121 Å². The molecule has 4 nitrogen and oxygen atoms in total. The van der Waals surface area contributed by atoms with Gasteiger partial charge in [0.1, 0.15) is 5.82 Å². The molecule has 2 aliphatic carbocycles. The second-order valence-electron chi connectivity index (χ2n) is 6.52. The topological polar surface area (TPSA) is 60.9 Å². The van der Waals surface area contributed by atoms with Gasteiger partial charge in [-0.1, -0.05) is 19.3 Å². The summed E-state index contributed by atoms with van der Waals surface area (Å²) in [7, 11) is 0. The van der Waals surface area contributed by atoms with E-state index in [-0.39, 0.29) is 6.10 Å². The van der Waals surface area contributed by atoms with Crippen molar-refractivity contribution >= 4 is 0 Å². The van der Waals surface area contributed by atoms with Crippen LogP contribution in [0, 0.1) is 5.92 Å². The summed E-state index contributed by atoms with van der Waals surface area (Å²) in [6.45, 7) is 0. The second kappa shape index (κ2) is 6.72. The van der Waals surface area contributed by atoms with Crippen LogP contribution in [-0.4, -0.2) is 27.2 Å². The summed E-state index contributed by atoms with van der Waals surface area (Å²) >= 11 is 0. The lowest BCUT2D eigenvalue weighted by molar-refractivity contribution is 0.109. The van der Waals surface area contributed by atoms with Gasteiger partial charge in [0, 0.05) is 18.4 Å². The zero-order valence-corrected chi connectivity index (χ0v) is 12.2. The molecule has 0 bridgehead atoms. The molecule has 112 valence electrons. The maximum absolute atomic E-state index is 9.65. The van der Waals surface area contributed by atoms with E-state index in [0.29, 0.717) is 18.0 Å². The van der Waals surface area contributed by atoms with E-state index in [1.807, 2.05) is 12.4 Å². The molecule has 1 unspecified atom stereocenters. The van der Waals surface area contributed by atoms with Gasteiger partial charge in [0.05, 0.1) is 12.1 Å². The van der Waals surface area contributed by atoms with Crippen LogP contribution in [0.15, 0.2) is 12.4 Å². The summed E-state index contributed by atoms with van der Waals surface area (Å²) in [4.78, 5) is 7.81.